The molecule has 0 saturated carbocycles. The maximum Gasteiger partial charge on any atom is 0.294 e. The number of carbonyl (C=O) groups excluding carboxylic acids is 1. The molecule has 0 aliphatic carbocycles. The molecule has 1 amide bonds. The lowest BCUT2D eigenvalue weighted by Crippen LogP contribution is -2.18. The second-order valence-electron chi connectivity index (χ2n) is 3.86. The molecule has 0 aliphatic rings. The van der Waals surface area contributed by atoms with Crippen LogP contribution in [0.3, 0.4) is 0 Å². The van der Waals surface area contributed by atoms with E-state index in [0.717, 1.165) is 12.1 Å². The van der Waals surface area contributed by atoms with Gasteiger partial charge in [0, 0.05) is 12.1 Å². The van der Waals surface area contributed by atoms with Gasteiger partial charge in [0.25, 0.3) is 17.2 Å². The average molecular weight is 285 g/mol. The Morgan fingerprint density at radius 3 is 2.71 bits per heavy atom. The van der Waals surface area contributed by atoms with Crippen molar-refractivity contribution in [1.29, 1.82) is 5.26 Å². The van der Waals surface area contributed by atoms with Gasteiger partial charge >= 0.3 is 0 Å². The van der Waals surface area contributed by atoms with Crippen LogP contribution in [0.5, 0.6) is 0 Å². The van der Waals surface area contributed by atoms with Gasteiger partial charge in [0.05, 0.1) is 16.6 Å². The summed E-state index contributed by atoms with van der Waals surface area (Å²) in [6.07, 6.45) is 0. The Bertz CT molecular complexity index is 801. The topological polar surface area (TPSA) is 142 Å². The monoisotopic (exact) mass is 285 g/mol. The fraction of sp³-hybridized carbons (Fsp3) is 0. The number of hydrogen-bond acceptors (Lipinski definition) is 6. The number of hydrogen-bond donors (Lipinski definition) is 2. The number of nitrogens with one attached hydrogen (secondary N) is 2. The van der Waals surface area contributed by atoms with Crippen LogP contribution >= 0.6 is 0 Å². The summed E-state index contributed by atoms with van der Waals surface area (Å²) >= 11 is 0. The zero-order valence-electron chi connectivity index (χ0n) is 10.4. The number of nitrogens with zero attached hydrogens (tertiary/aromatic N) is 3. The first kappa shape index (κ1) is 13.9. The van der Waals surface area contributed by atoms with Crippen LogP contribution in [0.1, 0.15) is 16.1 Å². The highest BCUT2D eigenvalue weighted by atomic mass is 16.6. The first-order valence-electron chi connectivity index (χ1n) is 5.57. The summed E-state index contributed by atoms with van der Waals surface area (Å²) in [5, 5.41) is 27.5. The van der Waals surface area contributed by atoms with Crippen LogP contribution in [0.15, 0.2) is 35.1 Å². The summed E-state index contributed by atoms with van der Waals surface area (Å²) in [4.78, 5) is 32.9. The molecule has 21 heavy (non-hydrogen) atoms. The number of aromatic nitrogens is 2. The summed E-state index contributed by atoms with van der Waals surface area (Å²) in [5.41, 5.74) is -0.963. The number of aromatic amines is 1. The van der Waals surface area contributed by atoms with Gasteiger partial charge in [0.2, 0.25) is 0 Å². The Labute approximate surface area is 117 Å². The van der Waals surface area contributed by atoms with Gasteiger partial charge in [-0.25, -0.2) is 5.10 Å². The lowest BCUT2D eigenvalue weighted by Gasteiger charge is -2.05. The number of nitro benzene ring substituents is 1. The molecular weight excluding hydrogens is 278 g/mol. The highest BCUT2D eigenvalue weighted by Crippen LogP contribution is 2.25. The predicted octanol–water partition coefficient (Wildman–Crippen LogP) is 0.802. The standard InChI is InChI=1S/C12H7N5O4/c13-6-7-1-2-8(10(5-7)17(20)21)14-12(19)9-3-4-11(18)16-15-9/h1-5H,(H,14,19)(H,16,18). The number of amides is 1. The van der Waals surface area contributed by atoms with Gasteiger partial charge in [-0.05, 0) is 18.2 Å². The summed E-state index contributed by atoms with van der Waals surface area (Å²) in [7, 11) is 0. The molecule has 1 heterocycles. The molecule has 2 rings (SSSR count). The Kier molecular flexibility index (Phi) is 3.71. The van der Waals surface area contributed by atoms with Gasteiger partial charge in [0.15, 0.2) is 0 Å². The molecule has 0 atom stereocenters. The van der Waals surface area contributed by atoms with Crippen molar-refractivity contribution in [1.82, 2.24) is 10.2 Å². The van der Waals surface area contributed by atoms with Crippen LogP contribution in [-0.4, -0.2) is 21.0 Å². The lowest BCUT2D eigenvalue weighted by molar-refractivity contribution is -0.383. The molecule has 1 aromatic carbocycles. The average Bonchev–Trinajstić information content (AvgIpc) is 2.48. The van der Waals surface area contributed by atoms with Crippen molar-refractivity contribution in [2.75, 3.05) is 5.32 Å². The molecule has 104 valence electrons. The molecular formula is C12H7N5O4. The number of anilines is 1. The highest BCUT2D eigenvalue weighted by Gasteiger charge is 2.18. The van der Waals surface area contributed by atoms with E-state index in [1.165, 1.54) is 18.2 Å². The molecule has 0 aliphatic heterocycles. The van der Waals surface area contributed by atoms with Gasteiger partial charge < -0.3 is 5.32 Å². The number of rotatable bonds is 3. The zero-order valence-corrected chi connectivity index (χ0v) is 10.4. The van der Waals surface area contributed by atoms with Crippen molar-refractivity contribution in [2.45, 2.75) is 0 Å². The van der Waals surface area contributed by atoms with Crippen LogP contribution < -0.4 is 10.9 Å². The van der Waals surface area contributed by atoms with Crippen molar-refractivity contribution in [3.63, 3.8) is 0 Å². The second-order valence-corrected chi connectivity index (χ2v) is 3.86. The first-order valence-corrected chi connectivity index (χ1v) is 5.57. The minimum absolute atomic E-state index is 0.0722. The third-order valence-electron chi connectivity index (χ3n) is 2.48. The maximum atomic E-state index is 11.9. The molecule has 0 radical (unpaired) electrons. The van der Waals surface area contributed by atoms with Gasteiger partial charge in [-0.15, -0.1) is 0 Å². The van der Waals surface area contributed by atoms with Gasteiger partial charge in [-0.1, -0.05) is 0 Å². The van der Waals surface area contributed by atoms with Crippen molar-refractivity contribution >= 4 is 17.3 Å². The quantitative estimate of drug-likeness (QED) is 0.630. The second kappa shape index (κ2) is 5.62. The molecule has 1 aromatic heterocycles. The van der Waals surface area contributed by atoms with Crippen LogP contribution in [-0.2, 0) is 0 Å². The summed E-state index contributed by atoms with van der Waals surface area (Å²) in [6, 6.07) is 7.70. The first-order chi connectivity index (χ1) is 10.0. The number of H-pyrrole nitrogens is 1. The molecule has 9 heteroatoms. The number of nitriles is 1. The minimum Gasteiger partial charge on any atom is -0.315 e. The highest BCUT2D eigenvalue weighted by molar-refractivity contribution is 6.04. The van der Waals surface area contributed by atoms with Crippen LogP contribution in [0.2, 0.25) is 0 Å². The van der Waals surface area contributed by atoms with Crippen molar-refractivity contribution < 1.29 is 9.72 Å². The van der Waals surface area contributed by atoms with Gasteiger partial charge in [-0.2, -0.15) is 10.4 Å². The van der Waals surface area contributed by atoms with E-state index in [2.05, 4.69) is 15.5 Å². The Morgan fingerprint density at radius 2 is 2.14 bits per heavy atom. The largest absolute Gasteiger partial charge is 0.315 e. The number of carbonyl (C=O) groups is 1. The fourth-order valence-corrected chi connectivity index (χ4v) is 1.52. The summed E-state index contributed by atoms with van der Waals surface area (Å²) < 4.78 is 0. The van der Waals surface area contributed by atoms with Gasteiger partial charge in [-0.3, -0.25) is 19.7 Å². The number of benzene rings is 1. The van der Waals surface area contributed by atoms with Crippen LogP contribution in [0, 0.1) is 21.4 Å². The maximum absolute atomic E-state index is 11.9. The van der Waals surface area contributed by atoms with E-state index in [0.29, 0.717) is 0 Å². The third-order valence-corrected chi connectivity index (χ3v) is 2.48. The van der Waals surface area contributed by atoms with Crippen LogP contribution in [0.25, 0.3) is 0 Å². The molecule has 2 N–H and O–H groups in total. The van der Waals surface area contributed by atoms with E-state index in [4.69, 9.17) is 5.26 Å². The fourth-order valence-electron chi connectivity index (χ4n) is 1.52. The molecule has 0 saturated heterocycles. The minimum atomic E-state index is -0.723. The SMILES string of the molecule is N#Cc1ccc(NC(=O)c2ccc(=O)[nH]n2)c([N+](=O)[O-])c1. The Morgan fingerprint density at radius 1 is 1.38 bits per heavy atom. The number of nitro groups is 1. The Balaban J connectivity index is 2.33. The summed E-state index contributed by atoms with van der Waals surface area (Å²) in [5.74, 6) is -0.723. The third kappa shape index (κ3) is 3.07. The summed E-state index contributed by atoms with van der Waals surface area (Å²) in [6.45, 7) is 0. The molecule has 0 spiro atoms. The predicted molar refractivity (Wildman–Crippen MR) is 70.6 cm³/mol. The lowest BCUT2D eigenvalue weighted by atomic mass is 10.2. The smallest absolute Gasteiger partial charge is 0.294 e. The molecule has 0 bridgehead atoms. The van der Waals surface area contributed by atoms with E-state index in [1.807, 2.05) is 0 Å². The van der Waals surface area contributed by atoms with Crippen molar-refractivity contribution in [3.05, 3.63) is 62.1 Å². The Hall–Kier alpha value is -3.54. The van der Waals surface area contributed by atoms with Gasteiger partial charge in [0.1, 0.15) is 11.4 Å². The molecule has 9 nitrogen and oxygen atoms in total. The van der Waals surface area contributed by atoms with E-state index >= 15 is 0 Å². The zero-order chi connectivity index (χ0) is 15.4. The van der Waals surface area contributed by atoms with Crippen molar-refractivity contribution in [3.8, 4) is 6.07 Å². The van der Waals surface area contributed by atoms with Crippen molar-refractivity contribution in [2.24, 2.45) is 0 Å². The molecule has 0 unspecified atom stereocenters. The normalized spacial score (nSPS) is 9.67. The molecule has 2 aromatic rings. The van der Waals surface area contributed by atoms with E-state index in [-0.39, 0.29) is 16.9 Å². The molecule has 0 fully saturated rings. The van der Waals surface area contributed by atoms with E-state index in [9.17, 15) is 19.7 Å². The van der Waals surface area contributed by atoms with E-state index < -0.39 is 22.1 Å². The van der Waals surface area contributed by atoms with Crippen LogP contribution in [0.4, 0.5) is 11.4 Å². The van der Waals surface area contributed by atoms with E-state index in [1.54, 1.807) is 6.07 Å².